The van der Waals surface area contributed by atoms with Crippen LogP contribution in [0.2, 0.25) is 0 Å². The van der Waals surface area contributed by atoms with Crippen LogP contribution in [-0.4, -0.2) is 21.4 Å². The van der Waals surface area contributed by atoms with Crippen molar-refractivity contribution in [2.75, 3.05) is 0 Å². The molecule has 2 heteroatoms. The van der Waals surface area contributed by atoms with Crippen LogP contribution < -0.4 is 0 Å². The molecule has 0 bridgehead atoms. The molecule has 17 heavy (non-hydrogen) atoms. The van der Waals surface area contributed by atoms with Crippen molar-refractivity contribution in [2.24, 2.45) is 17.8 Å². The molecular weight excluding hydrogens is 212 g/mol. The number of hydrogen-bond donors (Lipinski definition) is 2. The van der Waals surface area contributed by atoms with Crippen molar-refractivity contribution in [3.63, 3.8) is 0 Å². The summed E-state index contributed by atoms with van der Waals surface area (Å²) in [5.74, 6) is 0.774. The van der Waals surface area contributed by atoms with E-state index in [9.17, 15) is 10.2 Å². The van der Waals surface area contributed by atoms with Gasteiger partial charge in [-0.3, -0.25) is 0 Å². The summed E-state index contributed by atoms with van der Waals surface area (Å²) in [4.78, 5) is 0. The molecule has 98 valence electrons. The van der Waals surface area contributed by atoms with Gasteiger partial charge in [0, 0.05) is 5.92 Å². The van der Waals surface area contributed by atoms with Crippen LogP contribution in [0.1, 0.15) is 52.9 Å². The van der Waals surface area contributed by atoms with Crippen molar-refractivity contribution in [2.45, 2.75) is 64.1 Å². The van der Waals surface area contributed by atoms with Crippen LogP contribution >= 0.6 is 0 Å². The van der Waals surface area contributed by atoms with E-state index in [1.807, 2.05) is 6.92 Å². The Labute approximate surface area is 105 Å². The van der Waals surface area contributed by atoms with Crippen molar-refractivity contribution in [3.8, 4) is 0 Å². The summed E-state index contributed by atoms with van der Waals surface area (Å²) in [6.07, 6.45) is 4.25. The van der Waals surface area contributed by atoms with Crippen molar-refractivity contribution < 1.29 is 10.2 Å². The fourth-order valence-electron chi connectivity index (χ4n) is 4.23. The number of rotatable bonds is 1. The zero-order chi connectivity index (χ0) is 12.8. The summed E-state index contributed by atoms with van der Waals surface area (Å²) in [7, 11) is 0. The third-order valence-corrected chi connectivity index (χ3v) is 5.08. The number of aliphatic hydroxyl groups is 2. The molecule has 2 saturated carbocycles. The van der Waals surface area contributed by atoms with Gasteiger partial charge >= 0.3 is 0 Å². The second-order valence-corrected chi connectivity index (χ2v) is 6.76. The van der Waals surface area contributed by atoms with E-state index < -0.39 is 11.2 Å². The average Bonchev–Trinajstić information content (AvgIpc) is 2.14. The Balaban J connectivity index is 2.35. The second kappa shape index (κ2) is 4.10. The molecule has 0 aromatic rings. The topological polar surface area (TPSA) is 40.5 Å². The van der Waals surface area contributed by atoms with Crippen molar-refractivity contribution in [3.05, 3.63) is 12.2 Å². The zero-order valence-corrected chi connectivity index (χ0v) is 11.4. The molecule has 0 radical (unpaired) electrons. The molecule has 0 spiro atoms. The molecule has 4 atom stereocenters. The van der Waals surface area contributed by atoms with Crippen molar-refractivity contribution in [1.82, 2.24) is 0 Å². The van der Waals surface area contributed by atoms with Gasteiger partial charge < -0.3 is 10.2 Å². The van der Waals surface area contributed by atoms with E-state index in [0.29, 0.717) is 18.3 Å². The molecule has 2 aliphatic carbocycles. The SMILES string of the molecule is C=C1CCC2[C@@](O)(C1)C(C(C)C)CC[C@@]2(C)O. The largest absolute Gasteiger partial charge is 0.390 e. The van der Waals surface area contributed by atoms with Gasteiger partial charge in [-0.15, -0.1) is 0 Å². The lowest BCUT2D eigenvalue weighted by Crippen LogP contribution is -2.61. The molecular formula is C15H26O2. The standard InChI is InChI=1S/C15H26O2/c1-10(2)12-7-8-14(4,16)13-6-5-11(3)9-15(12,13)17/h10,12-13,16-17H,3,5-9H2,1-2,4H3/t12?,13?,14-,15-/m1/s1. The van der Waals surface area contributed by atoms with Gasteiger partial charge in [0.25, 0.3) is 0 Å². The van der Waals surface area contributed by atoms with E-state index in [4.69, 9.17) is 0 Å². The molecule has 0 saturated heterocycles. The Hall–Kier alpha value is -0.340. The smallest absolute Gasteiger partial charge is 0.0770 e. The van der Waals surface area contributed by atoms with Crippen LogP contribution in [0.5, 0.6) is 0 Å². The second-order valence-electron chi connectivity index (χ2n) is 6.76. The van der Waals surface area contributed by atoms with Gasteiger partial charge in [0.1, 0.15) is 0 Å². The Morgan fingerprint density at radius 1 is 1.29 bits per heavy atom. The first kappa shape index (κ1) is 13.1. The van der Waals surface area contributed by atoms with Crippen LogP contribution in [0.25, 0.3) is 0 Å². The first-order chi connectivity index (χ1) is 7.77. The predicted octanol–water partition coefficient (Wildman–Crippen LogP) is 2.89. The summed E-state index contributed by atoms with van der Waals surface area (Å²) in [5.41, 5.74) is -0.293. The van der Waals surface area contributed by atoms with Crippen molar-refractivity contribution in [1.29, 1.82) is 0 Å². The van der Waals surface area contributed by atoms with Gasteiger partial charge in [-0.25, -0.2) is 0 Å². The minimum Gasteiger partial charge on any atom is -0.390 e. The molecule has 0 aromatic heterocycles. The number of hydrogen-bond acceptors (Lipinski definition) is 2. The first-order valence-corrected chi connectivity index (χ1v) is 6.89. The maximum absolute atomic E-state index is 11.1. The predicted molar refractivity (Wildman–Crippen MR) is 69.6 cm³/mol. The summed E-state index contributed by atoms with van der Waals surface area (Å²) in [6.45, 7) is 10.3. The van der Waals surface area contributed by atoms with E-state index in [1.165, 1.54) is 0 Å². The summed E-state index contributed by atoms with van der Waals surface area (Å²) in [5, 5.41) is 21.6. The molecule has 2 N–H and O–H groups in total. The molecule has 0 aliphatic heterocycles. The first-order valence-electron chi connectivity index (χ1n) is 6.89. The van der Waals surface area contributed by atoms with Crippen LogP contribution in [0.3, 0.4) is 0 Å². The molecule has 2 nitrogen and oxygen atoms in total. The number of fused-ring (bicyclic) bond motifs is 1. The Morgan fingerprint density at radius 2 is 1.94 bits per heavy atom. The van der Waals surface area contributed by atoms with Crippen molar-refractivity contribution >= 4 is 0 Å². The quantitative estimate of drug-likeness (QED) is 0.690. The highest BCUT2D eigenvalue weighted by Gasteiger charge is 2.56. The minimum atomic E-state index is -0.731. The minimum absolute atomic E-state index is 0.0154. The Bertz CT molecular complexity index is 319. The lowest BCUT2D eigenvalue weighted by atomic mass is 9.54. The summed E-state index contributed by atoms with van der Waals surface area (Å²) in [6, 6.07) is 0. The molecule has 2 aliphatic rings. The Kier molecular flexibility index (Phi) is 3.16. The monoisotopic (exact) mass is 238 g/mol. The molecule has 0 aromatic carbocycles. The third-order valence-electron chi connectivity index (χ3n) is 5.08. The lowest BCUT2D eigenvalue weighted by Gasteiger charge is -2.56. The van der Waals surface area contributed by atoms with E-state index in [0.717, 1.165) is 31.3 Å². The average molecular weight is 238 g/mol. The van der Waals surface area contributed by atoms with Gasteiger partial charge in [0.05, 0.1) is 11.2 Å². The normalized spacial score (nSPS) is 47.1. The lowest BCUT2D eigenvalue weighted by molar-refractivity contribution is -0.197. The molecule has 0 heterocycles. The molecule has 2 rings (SSSR count). The molecule has 0 amide bonds. The summed E-state index contributed by atoms with van der Waals surface area (Å²) >= 11 is 0. The van der Waals surface area contributed by atoms with Crippen LogP contribution in [0.4, 0.5) is 0 Å². The van der Waals surface area contributed by atoms with E-state index >= 15 is 0 Å². The highest BCUT2D eigenvalue weighted by atomic mass is 16.3. The highest BCUT2D eigenvalue weighted by molar-refractivity contribution is 5.16. The molecule has 2 unspecified atom stereocenters. The van der Waals surface area contributed by atoms with Crippen LogP contribution in [0.15, 0.2) is 12.2 Å². The maximum Gasteiger partial charge on any atom is 0.0770 e. The van der Waals surface area contributed by atoms with Crippen LogP contribution in [-0.2, 0) is 0 Å². The van der Waals surface area contributed by atoms with Gasteiger partial charge in [0.2, 0.25) is 0 Å². The van der Waals surface area contributed by atoms with Gasteiger partial charge in [-0.2, -0.15) is 0 Å². The summed E-state index contributed by atoms with van der Waals surface area (Å²) < 4.78 is 0. The van der Waals surface area contributed by atoms with E-state index in [1.54, 1.807) is 0 Å². The van der Waals surface area contributed by atoms with E-state index in [-0.39, 0.29) is 5.92 Å². The third kappa shape index (κ3) is 2.06. The Morgan fingerprint density at radius 3 is 2.53 bits per heavy atom. The zero-order valence-electron chi connectivity index (χ0n) is 11.4. The van der Waals surface area contributed by atoms with Gasteiger partial charge in [-0.1, -0.05) is 26.0 Å². The van der Waals surface area contributed by atoms with Crippen LogP contribution in [0, 0.1) is 17.8 Å². The fourth-order valence-corrected chi connectivity index (χ4v) is 4.23. The highest BCUT2D eigenvalue weighted by Crippen LogP contribution is 2.54. The van der Waals surface area contributed by atoms with E-state index in [2.05, 4.69) is 20.4 Å². The fraction of sp³-hybridized carbons (Fsp3) is 0.867. The van der Waals surface area contributed by atoms with Gasteiger partial charge in [0.15, 0.2) is 0 Å². The maximum atomic E-state index is 11.1. The van der Waals surface area contributed by atoms with Gasteiger partial charge in [-0.05, 0) is 50.9 Å². The molecule has 2 fully saturated rings.